The predicted molar refractivity (Wildman–Crippen MR) is 70.6 cm³/mol. The molecule has 5 heteroatoms. The summed E-state index contributed by atoms with van der Waals surface area (Å²) in [6.07, 6.45) is 1.77. The van der Waals surface area contributed by atoms with Crippen molar-refractivity contribution in [1.82, 2.24) is 10.2 Å². The summed E-state index contributed by atoms with van der Waals surface area (Å²) in [7, 11) is 1.81. The molecule has 0 saturated carbocycles. The van der Waals surface area contributed by atoms with Gasteiger partial charge in [-0.2, -0.15) is 0 Å². The maximum Gasteiger partial charge on any atom is 0.326 e. The first-order valence-corrected chi connectivity index (χ1v) is 6.78. The Morgan fingerprint density at radius 1 is 1.44 bits per heavy atom. The van der Waals surface area contributed by atoms with Crippen LogP contribution < -0.4 is 5.32 Å². The molecule has 1 fully saturated rings. The van der Waals surface area contributed by atoms with E-state index in [1.807, 2.05) is 20.9 Å². The molecule has 0 aromatic heterocycles. The molecule has 1 aliphatic heterocycles. The van der Waals surface area contributed by atoms with E-state index < -0.39 is 5.54 Å². The van der Waals surface area contributed by atoms with Gasteiger partial charge in [0.2, 0.25) is 0 Å². The second-order valence-electron chi connectivity index (χ2n) is 4.86. The smallest absolute Gasteiger partial charge is 0.326 e. The monoisotopic (exact) mass is 258 g/mol. The maximum absolute atomic E-state index is 11.9. The van der Waals surface area contributed by atoms with Crippen molar-refractivity contribution in [3.63, 3.8) is 0 Å². The Hall–Kier alpha value is -0.650. The largest absolute Gasteiger partial charge is 0.465 e. The Labute approximate surface area is 110 Å². The first kappa shape index (κ1) is 15.4. The summed E-state index contributed by atoms with van der Waals surface area (Å²) in [5.74, 6) is -0.158. The summed E-state index contributed by atoms with van der Waals surface area (Å²) < 4.78 is 10.4. The average Bonchev–Trinajstić information content (AvgIpc) is 2.40. The molecule has 18 heavy (non-hydrogen) atoms. The Balaban J connectivity index is 2.31. The molecule has 1 N–H and O–H groups in total. The number of hydrogen-bond donors (Lipinski definition) is 1. The van der Waals surface area contributed by atoms with Crippen LogP contribution >= 0.6 is 0 Å². The Morgan fingerprint density at radius 3 is 2.67 bits per heavy atom. The molecule has 0 aliphatic carbocycles. The number of hydrogen-bond acceptors (Lipinski definition) is 5. The molecule has 1 atom stereocenters. The number of likely N-dealkylation sites (N-methyl/N-ethyl adjacent to an activating group) is 1. The van der Waals surface area contributed by atoms with Crippen LogP contribution in [-0.2, 0) is 14.3 Å². The van der Waals surface area contributed by atoms with Crippen LogP contribution in [0.1, 0.15) is 26.7 Å². The molecule has 0 amide bonds. The quantitative estimate of drug-likeness (QED) is 0.679. The molecule has 1 saturated heterocycles. The number of nitrogens with zero attached hydrogens (tertiary/aromatic N) is 1. The van der Waals surface area contributed by atoms with Crippen LogP contribution in [0.25, 0.3) is 0 Å². The lowest BCUT2D eigenvalue weighted by atomic mass is 9.96. The van der Waals surface area contributed by atoms with Gasteiger partial charge in [-0.15, -0.1) is 0 Å². The van der Waals surface area contributed by atoms with Crippen molar-refractivity contribution < 1.29 is 14.3 Å². The topological polar surface area (TPSA) is 50.8 Å². The SMILES string of the molecule is CCOC(=O)C(C)(CCCN1CCOCC1)NC. The van der Waals surface area contributed by atoms with Gasteiger partial charge in [0.05, 0.1) is 19.8 Å². The number of carbonyl (C=O) groups excluding carboxylic acids is 1. The molecular weight excluding hydrogens is 232 g/mol. The first-order valence-electron chi connectivity index (χ1n) is 6.78. The summed E-state index contributed by atoms with van der Waals surface area (Å²) in [5.41, 5.74) is -0.567. The Kier molecular flexibility index (Phi) is 6.60. The highest BCUT2D eigenvalue weighted by molar-refractivity contribution is 5.80. The highest BCUT2D eigenvalue weighted by Gasteiger charge is 2.32. The van der Waals surface area contributed by atoms with Crippen molar-refractivity contribution in [2.75, 3.05) is 46.5 Å². The minimum absolute atomic E-state index is 0.158. The van der Waals surface area contributed by atoms with Crippen molar-refractivity contribution >= 4 is 5.97 Å². The average molecular weight is 258 g/mol. The lowest BCUT2D eigenvalue weighted by Crippen LogP contribution is -2.49. The van der Waals surface area contributed by atoms with E-state index in [9.17, 15) is 4.79 Å². The van der Waals surface area contributed by atoms with E-state index in [-0.39, 0.29) is 5.97 Å². The molecular formula is C13H26N2O3. The minimum Gasteiger partial charge on any atom is -0.465 e. The van der Waals surface area contributed by atoms with Crippen LogP contribution in [0.2, 0.25) is 0 Å². The molecule has 5 nitrogen and oxygen atoms in total. The van der Waals surface area contributed by atoms with Gasteiger partial charge in [-0.25, -0.2) is 0 Å². The Morgan fingerprint density at radius 2 is 2.11 bits per heavy atom. The number of carbonyl (C=O) groups is 1. The van der Waals surface area contributed by atoms with Gasteiger partial charge in [-0.1, -0.05) is 0 Å². The van der Waals surface area contributed by atoms with Crippen molar-refractivity contribution in [1.29, 1.82) is 0 Å². The van der Waals surface area contributed by atoms with Crippen LogP contribution in [-0.4, -0.2) is 62.9 Å². The molecule has 1 heterocycles. The zero-order valence-electron chi connectivity index (χ0n) is 11.8. The zero-order chi connectivity index (χ0) is 13.4. The summed E-state index contributed by atoms with van der Waals surface area (Å²) >= 11 is 0. The molecule has 0 aromatic rings. The van der Waals surface area contributed by atoms with Gasteiger partial charge < -0.3 is 14.8 Å². The normalized spacial score (nSPS) is 20.4. The lowest BCUT2D eigenvalue weighted by molar-refractivity contribution is -0.150. The number of morpholine rings is 1. The zero-order valence-corrected chi connectivity index (χ0v) is 11.8. The second kappa shape index (κ2) is 7.71. The number of ether oxygens (including phenoxy) is 2. The third-order valence-corrected chi connectivity index (χ3v) is 3.53. The fourth-order valence-corrected chi connectivity index (χ4v) is 2.10. The predicted octanol–water partition coefficient (Wildman–Crippen LogP) is 0.640. The molecule has 1 aliphatic rings. The molecule has 1 rings (SSSR count). The third-order valence-electron chi connectivity index (χ3n) is 3.53. The highest BCUT2D eigenvalue weighted by atomic mass is 16.5. The van der Waals surface area contributed by atoms with Crippen LogP contribution in [0.5, 0.6) is 0 Å². The van der Waals surface area contributed by atoms with Crippen LogP contribution in [0.4, 0.5) is 0 Å². The van der Waals surface area contributed by atoms with E-state index in [0.717, 1.165) is 45.7 Å². The summed E-state index contributed by atoms with van der Waals surface area (Å²) in [4.78, 5) is 14.2. The molecule has 0 bridgehead atoms. The van der Waals surface area contributed by atoms with Gasteiger partial charge in [0.1, 0.15) is 5.54 Å². The fourth-order valence-electron chi connectivity index (χ4n) is 2.10. The summed E-state index contributed by atoms with van der Waals surface area (Å²) in [6, 6.07) is 0. The van der Waals surface area contributed by atoms with Crippen LogP contribution in [0.15, 0.2) is 0 Å². The van der Waals surface area contributed by atoms with Gasteiger partial charge in [-0.05, 0) is 40.3 Å². The summed E-state index contributed by atoms with van der Waals surface area (Å²) in [5, 5.41) is 3.08. The minimum atomic E-state index is -0.567. The summed E-state index contributed by atoms with van der Waals surface area (Å²) in [6.45, 7) is 8.82. The molecule has 1 unspecified atom stereocenters. The number of esters is 1. The molecule has 0 spiro atoms. The maximum atomic E-state index is 11.9. The van der Waals surface area contributed by atoms with E-state index in [1.165, 1.54) is 0 Å². The van der Waals surface area contributed by atoms with Crippen molar-refractivity contribution in [3.8, 4) is 0 Å². The third kappa shape index (κ3) is 4.55. The van der Waals surface area contributed by atoms with Crippen LogP contribution in [0.3, 0.4) is 0 Å². The molecule has 106 valence electrons. The van der Waals surface area contributed by atoms with Crippen molar-refractivity contribution in [2.24, 2.45) is 0 Å². The van der Waals surface area contributed by atoms with Gasteiger partial charge in [-0.3, -0.25) is 9.69 Å². The Bertz CT molecular complexity index is 255. The van der Waals surface area contributed by atoms with Gasteiger partial charge >= 0.3 is 5.97 Å². The number of rotatable bonds is 7. The number of nitrogens with one attached hydrogen (secondary N) is 1. The lowest BCUT2D eigenvalue weighted by Gasteiger charge is -2.30. The van der Waals surface area contributed by atoms with E-state index in [4.69, 9.17) is 9.47 Å². The second-order valence-corrected chi connectivity index (χ2v) is 4.86. The molecule has 0 aromatic carbocycles. The van der Waals surface area contributed by atoms with E-state index in [1.54, 1.807) is 0 Å². The van der Waals surface area contributed by atoms with Gasteiger partial charge in [0.15, 0.2) is 0 Å². The first-order chi connectivity index (χ1) is 8.62. The van der Waals surface area contributed by atoms with Crippen molar-refractivity contribution in [2.45, 2.75) is 32.2 Å². The highest BCUT2D eigenvalue weighted by Crippen LogP contribution is 2.15. The van der Waals surface area contributed by atoms with Gasteiger partial charge in [0.25, 0.3) is 0 Å². The van der Waals surface area contributed by atoms with Gasteiger partial charge in [0, 0.05) is 13.1 Å². The van der Waals surface area contributed by atoms with E-state index in [0.29, 0.717) is 6.61 Å². The fraction of sp³-hybridized carbons (Fsp3) is 0.923. The van der Waals surface area contributed by atoms with Crippen LogP contribution in [0, 0.1) is 0 Å². The standard InChI is InChI=1S/C13H26N2O3/c1-4-18-12(16)13(2,14-3)6-5-7-15-8-10-17-11-9-15/h14H,4-11H2,1-3H3. The van der Waals surface area contributed by atoms with E-state index >= 15 is 0 Å². The van der Waals surface area contributed by atoms with Crippen molar-refractivity contribution in [3.05, 3.63) is 0 Å². The van der Waals surface area contributed by atoms with E-state index in [2.05, 4.69) is 10.2 Å². The molecule has 0 radical (unpaired) electrons.